The number of alkyl carbamates (subject to hydrolysis) is 1. The Hall–Kier alpha value is -5.23. The number of anilines is 1. The SMILES string of the molecule is CC(C)(C)OC(=O)NC(C)(C)C(=O)N[C@@H](COCc1ccccc1)C(=O)Nc1cn(C(C)(C(=O)N2CCCC2)c2ccc3ccccc3c2)cn1. The molecule has 3 aromatic carbocycles. The van der Waals surface area contributed by atoms with Crippen LogP contribution in [0.25, 0.3) is 10.8 Å². The minimum absolute atomic E-state index is 0.0651. The van der Waals surface area contributed by atoms with Crippen LogP contribution in [0.4, 0.5) is 10.6 Å². The molecule has 5 rings (SSSR count). The zero-order valence-electron chi connectivity index (χ0n) is 30.2. The van der Waals surface area contributed by atoms with Crippen molar-refractivity contribution in [3.05, 3.63) is 96.4 Å². The molecule has 4 amide bonds. The number of nitrogens with one attached hydrogen (secondary N) is 3. The van der Waals surface area contributed by atoms with E-state index in [1.807, 2.05) is 84.6 Å². The van der Waals surface area contributed by atoms with Crippen LogP contribution >= 0.6 is 0 Å². The summed E-state index contributed by atoms with van der Waals surface area (Å²) in [5, 5.41) is 10.2. The van der Waals surface area contributed by atoms with E-state index in [2.05, 4.69) is 20.9 Å². The molecule has 3 N–H and O–H groups in total. The molecule has 2 atom stereocenters. The Morgan fingerprint density at radius 2 is 1.53 bits per heavy atom. The lowest BCUT2D eigenvalue weighted by Gasteiger charge is -2.34. The van der Waals surface area contributed by atoms with Gasteiger partial charge in [-0.05, 0) is 82.3 Å². The van der Waals surface area contributed by atoms with Gasteiger partial charge in [-0.1, -0.05) is 66.7 Å². The molecule has 0 spiro atoms. The van der Waals surface area contributed by atoms with Crippen LogP contribution in [0.15, 0.2) is 85.3 Å². The van der Waals surface area contributed by atoms with Crippen LogP contribution in [-0.2, 0) is 36.0 Å². The third-order valence-corrected chi connectivity index (χ3v) is 8.87. The second-order valence-electron chi connectivity index (χ2n) is 14.6. The van der Waals surface area contributed by atoms with Gasteiger partial charge in [0, 0.05) is 19.3 Å². The Balaban J connectivity index is 1.38. The van der Waals surface area contributed by atoms with Gasteiger partial charge in [0.15, 0.2) is 5.82 Å². The largest absolute Gasteiger partial charge is 0.444 e. The van der Waals surface area contributed by atoms with Crippen molar-refractivity contribution in [2.45, 2.75) is 83.7 Å². The van der Waals surface area contributed by atoms with E-state index in [4.69, 9.17) is 9.47 Å². The first-order valence-corrected chi connectivity index (χ1v) is 17.2. The second-order valence-corrected chi connectivity index (χ2v) is 14.6. The fourth-order valence-electron chi connectivity index (χ4n) is 5.95. The van der Waals surface area contributed by atoms with Gasteiger partial charge in [-0.25, -0.2) is 9.78 Å². The number of imidazole rings is 1. The Bertz CT molecular complexity index is 1860. The molecule has 1 aromatic heterocycles. The smallest absolute Gasteiger partial charge is 0.408 e. The molecule has 270 valence electrons. The molecular weight excluding hydrogens is 648 g/mol. The number of carbonyl (C=O) groups excluding carboxylic acids is 4. The van der Waals surface area contributed by atoms with Crippen LogP contribution in [0.2, 0.25) is 0 Å². The highest BCUT2D eigenvalue weighted by Crippen LogP contribution is 2.33. The summed E-state index contributed by atoms with van der Waals surface area (Å²) in [5.74, 6) is -1.09. The van der Waals surface area contributed by atoms with E-state index >= 15 is 0 Å². The highest BCUT2D eigenvalue weighted by atomic mass is 16.6. The van der Waals surface area contributed by atoms with Crippen LogP contribution in [-0.4, -0.2) is 75.1 Å². The monoisotopic (exact) mass is 696 g/mol. The van der Waals surface area contributed by atoms with Crippen molar-refractivity contribution in [2.75, 3.05) is 25.0 Å². The van der Waals surface area contributed by atoms with Gasteiger partial charge in [0.1, 0.15) is 22.7 Å². The number of ether oxygens (including phenoxy) is 2. The highest BCUT2D eigenvalue weighted by Gasteiger charge is 2.41. The lowest BCUT2D eigenvalue weighted by molar-refractivity contribution is -0.137. The maximum absolute atomic E-state index is 14.2. The van der Waals surface area contributed by atoms with Crippen LogP contribution in [0, 0.1) is 0 Å². The van der Waals surface area contributed by atoms with Gasteiger partial charge in [0.25, 0.3) is 11.8 Å². The van der Waals surface area contributed by atoms with Gasteiger partial charge in [-0.3, -0.25) is 14.4 Å². The molecule has 0 radical (unpaired) electrons. The zero-order chi connectivity index (χ0) is 36.8. The maximum Gasteiger partial charge on any atom is 0.408 e. The van der Waals surface area contributed by atoms with Gasteiger partial charge < -0.3 is 34.9 Å². The molecule has 2 heterocycles. The molecule has 1 unspecified atom stereocenters. The molecule has 4 aromatic rings. The lowest BCUT2D eigenvalue weighted by atomic mass is 9.88. The van der Waals surface area contributed by atoms with Crippen molar-refractivity contribution in [3.63, 3.8) is 0 Å². The third-order valence-electron chi connectivity index (χ3n) is 8.87. The van der Waals surface area contributed by atoms with Gasteiger partial charge >= 0.3 is 6.09 Å². The first-order chi connectivity index (χ1) is 24.2. The number of nitrogens with zero attached hydrogens (tertiary/aromatic N) is 3. The van der Waals surface area contributed by atoms with E-state index in [0.29, 0.717) is 13.1 Å². The van der Waals surface area contributed by atoms with Crippen molar-refractivity contribution in [2.24, 2.45) is 0 Å². The molecule has 12 nitrogen and oxygen atoms in total. The summed E-state index contributed by atoms with van der Waals surface area (Å²) in [7, 11) is 0. The topological polar surface area (TPSA) is 144 Å². The van der Waals surface area contributed by atoms with Crippen molar-refractivity contribution >= 4 is 40.4 Å². The molecule has 0 aliphatic carbocycles. The van der Waals surface area contributed by atoms with Crippen LogP contribution < -0.4 is 16.0 Å². The average Bonchev–Trinajstić information content (AvgIpc) is 3.79. The summed E-state index contributed by atoms with van der Waals surface area (Å²) >= 11 is 0. The van der Waals surface area contributed by atoms with Gasteiger partial charge in [-0.15, -0.1) is 0 Å². The predicted molar refractivity (Wildman–Crippen MR) is 195 cm³/mol. The first kappa shape index (κ1) is 37.0. The van der Waals surface area contributed by atoms with Crippen LogP contribution in [0.5, 0.6) is 0 Å². The minimum Gasteiger partial charge on any atom is -0.444 e. The van der Waals surface area contributed by atoms with Gasteiger partial charge in [-0.2, -0.15) is 0 Å². The zero-order valence-corrected chi connectivity index (χ0v) is 30.2. The normalized spacial score (nSPS) is 15.1. The summed E-state index contributed by atoms with van der Waals surface area (Å²) in [6, 6.07) is 22.2. The maximum atomic E-state index is 14.2. The Labute approximate surface area is 298 Å². The summed E-state index contributed by atoms with van der Waals surface area (Å²) < 4.78 is 12.9. The number of likely N-dealkylation sites (tertiary alicyclic amines) is 1. The molecule has 0 bridgehead atoms. The molecule has 0 saturated carbocycles. The standard InChI is InChI=1S/C39H48N6O6/c1-37(2,3)51-36(49)43-38(4,5)34(47)41-31(25-50-24-27-14-8-7-9-15-27)33(46)42-32-23-45(26-40-32)39(6,35(48)44-20-12-13-21-44)30-19-18-28-16-10-11-17-29(28)22-30/h7-11,14-19,22-23,26,31H,12-13,20-21,24-25H2,1-6H3,(H,41,47)(H,42,46)(H,43,49)/t31-,39?/m0/s1. The van der Waals surface area contributed by atoms with E-state index in [0.717, 1.165) is 34.7 Å². The number of rotatable bonds is 12. The number of carbonyl (C=O) groups is 4. The van der Waals surface area contributed by atoms with E-state index < -0.39 is 40.6 Å². The number of aromatic nitrogens is 2. The third kappa shape index (κ3) is 9.12. The number of hydrogen-bond acceptors (Lipinski definition) is 7. The van der Waals surface area contributed by atoms with E-state index in [-0.39, 0.29) is 24.9 Å². The number of fused-ring (bicyclic) bond motifs is 1. The summed E-state index contributed by atoms with van der Waals surface area (Å²) in [6.45, 7) is 11.4. The average molecular weight is 697 g/mol. The van der Waals surface area contributed by atoms with Crippen molar-refractivity contribution in [1.29, 1.82) is 0 Å². The van der Waals surface area contributed by atoms with Crippen LogP contribution in [0.1, 0.15) is 65.5 Å². The predicted octanol–water partition coefficient (Wildman–Crippen LogP) is 5.37. The lowest BCUT2D eigenvalue weighted by Crippen LogP contribution is -2.59. The molecular formula is C39H48N6O6. The van der Waals surface area contributed by atoms with Gasteiger partial charge in [0.2, 0.25) is 5.91 Å². The fraction of sp³-hybridized carbons (Fsp3) is 0.410. The molecule has 51 heavy (non-hydrogen) atoms. The molecule has 1 aliphatic heterocycles. The summed E-state index contributed by atoms with van der Waals surface area (Å²) in [4.78, 5) is 60.3. The van der Waals surface area contributed by atoms with E-state index in [1.165, 1.54) is 20.2 Å². The van der Waals surface area contributed by atoms with Crippen LogP contribution in [0.3, 0.4) is 0 Å². The molecule has 12 heteroatoms. The summed E-state index contributed by atoms with van der Waals surface area (Å²) in [6.07, 6.45) is 4.26. The highest BCUT2D eigenvalue weighted by molar-refractivity contribution is 5.99. The number of benzene rings is 3. The molecule has 1 fully saturated rings. The number of hydrogen-bond donors (Lipinski definition) is 3. The molecule has 1 aliphatic rings. The van der Waals surface area contributed by atoms with Gasteiger partial charge in [0.05, 0.1) is 19.5 Å². The Morgan fingerprint density at radius 3 is 2.22 bits per heavy atom. The van der Waals surface area contributed by atoms with Crippen molar-refractivity contribution < 1.29 is 28.7 Å². The van der Waals surface area contributed by atoms with E-state index in [9.17, 15) is 19.2 Å². The Morgan fingerprint density at radius 1 is 0.863 bits per heavy atom. The first-order valence-electron chi connectivity index (χ1n) is 17.2. The summed E-state index contributed by atoms with van der Waals surface area (Å²) in [5.41, 5.74) is -1.68. The number of amides is 4. The van der Waals surface area contributed by atoms with Crippen molar-refractivity contribution in [1.82, 2.24) is 25.1 Å². The second kappa shape index (κ2) is 15.3. The fourth-order valence-corrected chi connectivity index (χ4v) is 5.95. The van der Waals surface area contributed by atoms with E-state index in [1.54, 1.807) is 31.5 Å². The minimum atomic E-state index is -1.43. The molecule has 1 saturated heterocycles. The van der Waals surface area contributed by atoms with Crippen molar-refractivity contribution in [3.8, 4) is 0 Å². The quantitative estimate of drug-likeness (QED) is 0.181. The Kier molecular flexibility index (Phi) is 11.1.